The average Bonchev–Trinajstić information content (AvgIpc) is 3.15. The van der Waals surface area contributed by atoms with E-state index in [1.54, 1.807) is 11.3 Å². The predicted molar refractivity (Wildman–Crippen MR) is 93.0 cm³/mol. The number of nitrogens with zero attached hydrogens (tertiary/aromatic N) is 3. The zero-order chi connectivity index (χ0) is 15.1. The number of nitrogens with one attached hydrogen (secondary N) is 1. The van der Waals surface area contributed by atoms with Crippen molar-refractivity contribution in [1.82, 2.24) is 14.8 Å². The molecule has 2 aromatic heterocycles. The minimum absolute atomic E-state index is 0.0441. The van der Waals surface area contributed by atoms with Crippen LogP contribution in [-0.4, -0.2) is 14.8 Å². The number of hydrogen-bond acceptors (Lipinski definition) is 4. The molecule has 4 rings (SSSR count). The van der Waals surface area contributed by atoms with Crippen molar-refractivity contribution in [2.75, 3.05) is 5.32 Å². The highest BCUT2D eigenvalue weighted by atomic mass is 79.9. The quantitative estimate of drug-likeness (QED) is 0.721. The van der Waals surface area contributed by atoms with Crippen molar-refractivity contribution in [2.24, 2.45) is 0 Å². The van der Waals surface area contributed by atoms with Gasteiger partial charge in [0.25, 0.3) is 0 Å². The van der Waals surface area contributed by atoms with E-state index in [1.165, 1.54) is 10.4 Å². The van der Waals surface area contributed by atoms with Crippen LogP contribution in [0.3, 0.4) is 0 Å². The second kappa shape index (κ2) is 5.37. The summed E-state index contributed by atoms with van der Waals surface area (Å²) >= 11 is 5.20. The maximum absolute atomic E-state index is 4.54. The van der Waals surface area contributed by atoms with Gasteiger partial charge in [0.05, 0.1) is 10.6 Å². The van der Waals surface area contributed by atoms with Crippen molar-refractivity contribution in [3.05, 3.63) is 68.6 Å². The van der Waals surface area contributed by atoms with E-state index >= 15 is 0 Å². The number of halogens is 1. The van der Waals surface area contributed by atoms with E-state index in [0.717, 1.165) is 21.9 Å². The second-order valence-corrected chi connectivity index (χ2v) is 6.97. The highest BCUT2D eigenvalue weighted by Gasteiger charge is 2.24. The van der Waals surface area contributed by atoms with Gasteiger partial charge in [-0.1, -0.05) is 34.1 Å². The first-order valence-electron chi connectivity index (χ1n) is 6.92. The van der Waals surface area contributed by atoms with Gasteiger partial charge in [0.15, 0.2) is 0 Å². The van der Waals surface area contributed by atoms with E-state index in [0.29, 0.717) is 0 Å². The van der Waals surface area contributed by atoms with Gasteiger partial charge in [0, 0.05) is 4.47 Å². The molecule has 0 saturated carbocycles. The number of benzene rings is 1. The summed E-state index contributed by atoms with van der Waals surface area (Å²) in [5.74, 6) is 1.56. The summed E-state index contributed by atoms with van der Waals surface area (Å²) in [5.41, 5.74) is 2.27. The highest BCUT2D eigenvalue weighted by Crippen LogP contribution is 2.34. The van der Waals surface area contributed by atoms with E-state index in [-0.39, 0.29) is 6.04 Å². The molecule has 0 amide bonds. The van der Waals surface area contributed by atoms with E-state index in [9.17, 15) is 0 Å². The van der Waals surface area contributed by atoms with Crippen LogP contribution < -0.4 is 5.32 Å². The van der Waals surface area contributed by atoms with Crippen LogP contribution in [0.15, 0.2) is 52.3 Å². The summed E-state index contributed by atoms with van der Waals surface area (Å²) in [7, 11) is 0. The van der Waals surface area contributed by atoms with Crippen molar-refractivity contribution in [1.29, 1.82) is 0 Å². The average molecular weight is 373 g/mol. The number of aromatic nitrogens is 3. The number of anilines is 1. The van der Waals surface area contributed by atoms with Crippen LogP contribution in [0.25, 0.3) is 5.70 Å². The van der Waals surface area contributed by atoms with Gasteiger partial charge in [-0.2, -0.15) is 10.1 Å². The zero-order valence-corrected chi connectivity index (χ0v) is 14.2. The van der Waals surface area contributed by atoms with E-state index in [1.807, 2.05) is 11.6 Å². The maximum Gasteiger partial charge on any atom is 0.226 e. The first-order chi connectivity index (χ1) is 10.7. The Morgan fingerprint density at radius 2 is 2.05 bits per heavy atom. The number of fused-ring (bicyclic) bond motifs is 1. The molecule has 1 N–H and O–H groups in total. The third kappa shape index (κ3) is 2.38. The van der Waals surface area contributed by atoms with Gasteiger partial charge < -0.3 is 5.32 Å². The predicted octanol–water partition coefficient (Wildman–Crippen LogP) is 4.47. The lowest BCUT2D eigenvalue weighted by Crippen LogP contribution is -2.19. The molecule has 1 aliphatic heterocycles. The number of rotatable bonds is 2. The first kappa shape index (κ1) is 13.7. The number of hydrogen-bond donors (Lipinski definition) is 1. The molecule has 110 valence electrons. The Labute approximate surface area is 140 Å². The first-order valence-corrected chi connectivity index (χ1v) is 8.59. The smallest absolute Gasteiger partial charge is 0.226 e. The van der Waals surface area contributed by atoms with Gasteiger partial charge in [-0.05, 0) is 42.1 Å². The van der Waals surface area contributed by atoms with Crippen LogP contribution >= 0.6 is 27.3 Å². The SMILES string of the molecule is Cc1nc2n(n1)[C@H](c1ccc(Br)cc1)C=C(c1cccs1)N2. The van der Waals surface area contributed by atoms with Gasteiger partial charge in [-0.15, -0.1) is 11.3 Å². The number of aryl methyl sites for hydroxylation is 1. The Bertz CT molecular complexity index is 834. The van der Waals surface area contributed by atoms with Gasteiger partial charge in [-0.25, -0.2) is 4.68 Å². The Kier molecular flexibility index (Phi) is 3.35. The molecule has 3 aromatic rings. The summed E-state index contributed by atoms with van der Waals surface area (Å²) < 4.78 is 3.01. The lowest BCUT2D eigenvalue weighted by Gasteiger charge is -2.23. The molecule has 0 bridgehead atoms. The normalized spacial score (nSPS) is 16.8. The van der Waals surface area contributed by atoms with Crippen LogP contribution in [-0.2, 0) is 0 Å². The largest absolute Gasteiger partial charge is 0.323 e. The van der Waals surface area contributed by atoms with Gasteiger partial charge in [0.2, 0.25) is 5.95 Å². The monoisotopic (exact) mass is 372 g/mol. The molecule has 4 nitrogen and oxygen atoms in total. The molecule has 0 saturated heterocycles. The zero-order valence-electron chi connectivity index (χ0n) is 11.8. The fourth-order valence-electron chi connectivity index (χ4n) is 2.57. The molecule has 0 fully saturated rings. The summed E-state index contributed by atoms with van der Waals surface area (Å²) in [4.78, 5) is 5.70. The van der Waals surface area contributed by atoms with Crippen molar-refractivity contribution < 1.29 is 0 Å². The number of allylic oxidation sites excluding steroid dienone is 1. The van der Waals surface area contributed by atoms with Crippen molar-refractivity contribution >= 4 is 38.9 Å². The summed E-state index contributed by atoms with van der Waals surface area (Å²) in [5, 5.41) is 10.0. The Morgan fingerprint density at radius 1 is 1.23 bits per heavy atom. The lowest BCUT2D eigenvalue weighted by atomic mass is 10.0. The molecule has 3 heterocycles. The van der Waals surface area contributed by atoms with E-state index < -0.39 is 0 Å². The Morgan fingerprint density at radius 3 is 2.77 bits per heavy atom. The molecule has 0 aliphatic carbocycles. The molecule has 1 aliphatic rings. The molecule has 1 aromatic carbocycles. The summed E-state index contributed by atoms with van der Waals surface area (Å²) in [6.07, 6.45) is 2.20. The molecule has 6 heteroatoms. The van der Waals surface area contributed by atoms with Crippen molar-refractivity contribution in [2.45, 2.75) is 13.0 Å². The third-order valence-electron chi connectivity index (χ3n) is 3.57. The van der Waals surface area contributed by atoms with E-state index in [2.05, 4.69) is 79.2 Å². The summed E-state index contributed by atoms with van der Waals surface area (Å²) in [6.45, 7) is 1.91. The molecule has 0 radical (unpaired) electrons. The van der Waals surface area contributed by atoms with Crippen LogP contribution in [0.5, 0.6) is 0 Å². The second-order valence-electron chi connectivity index (χ2n) is 5.11. The van der Waals surface area contributed by atoms with Crippen LogP contribution in [0.1, 0.15) is 22.3 Å². The standard InChI is InChI=1S/C16H13BrN4S/c1-10-18-16-19-13(15-3-2-8-22-15)9-14(21(16)20-10)11-4-6-12(17)7-5-11/h2-9,14H,1H3,(H,18,19,20)/t14-/m0/s1. The van der Waals surface area contributed by atoms with Crippen LogP contribution in [0, 0.1) is 6.92 Å². The highest BCUT2D eigenvalue weighted by molar-refractivity contribution is 9.10. The minimum Gasteiger partial charge on any atom is -0.323 e. The van der Waals surface area contributed by atoms with Gasteiger partial charge in [-0.3, -0.25) is 0 Å². The van der Waals surface area contributed by atoms with Gasteiger partial charge in [0.1, 0.15) is 11.9 Å². The molecular weight excluding hydrogens is 360 g/mol. The van der Waals surface area contributed by atoms with Crippen molar-refractivity contribution in [3.63, 3.8) is 0 Å². The fraction of sp³-hybridized carbons (Fsp3) is 0.125. The van der Waals surface area contributed by atoms with Crippen LogP contribution in [0.2, 0.25) is 0 Å². The summed E-state index contributed by atoms with van der Waals surface area (Å²) in [6, 6.07) is 12.6. The third-order valence-corrected chi connectivity index (χ3v) is 5.00. The Hall–Kier alpha value is -1.92. The minimum atomic E-state index is 0.0441. The van der Waals surface area contributed by atoms with E-state index in [4.69, 9.17) is 0 Å². The number of thiophene rings is 1. The topological polar surface area (TPSA) is 42.7 Å². The molecule has 0 spiro atoms. The molecule has 0 unspecified atom stereocenters. The lowest BCUT2D eigenvalue weighted by molar-refractivity contribution is 0.607. The maximum atomic E-state index is 4.54. The van der Waals surface area contributed by atoms with Crippen LogP contribution in [0.4, 0.5) is 5.95 Å². The molecular formula is C16H13BrN4S. The van der Waals surface area contributed by atoms with Gasteiger partial charge >= 0.3 is 0 Å². The fourth-order valence-corrected chi connectivity index (χ4v) is 3.54. The molecule has 22 heavy (non-hydrogen) atoms. The Balaban J connectivity index is 1.84. The van der Waals surface area contributed by atoms with Crippen molar-refractivity contribution in [3.8, 4) is 0 Å². The molecule has 1 atom stereocenters.